The zero-order valence-corrected chi connectivity index (χ0v) is 23.9. The van der Waals surface area contributed by atoms with Gasteiger partial charge in [-0.25, -0.2) is 18.4 Å². The molecule has 218 valence electrons. The molecular formula is C26H32F3N5O4S2. The lowest BCUT2D eigenvalue weighted by Gasteiger charge is -2.34. The van der Waals surface area contributed by atoms with Gasteiger partial charge in [0.1, 0.15) is 21.3 Å². The molecule has 3 aliphatic rings. The first-order chi connectivity index (χ1) is 18.8. The van der Waals surface area contributed by atoms with Gasteiger partial charge in [-0.05, 0) is 51.5 Å². The van der Waals surface area contributed by atoms with E-state index in [4.69, 9.17) is 0 Å². The molecule has 2 aromatic rings. The van der Waals surface area contributed by atoms with E-state index in [0.29, 0.717) is 17.9 Å². The van der Waals surface area contributed by atoms with Crippen LogP contribution >= 0.6 is 11.3 Å². The maximum Gasteiger partial charge on any atom is 0.417 e. The Morgan fingerprint density at radius 2 is 1.80 bits per heavy atom. The number of amides is 2. The molecule has 2 saturated carbocycles. The van der Waals surface area contributed by atoms with E-state index in [2.05, 4.69) is 20.6 Å². The van der Waals surface area contributed by atoms with Crippen molar-refractivity contribution in [3.8, 4) is 10.4 Å². The second kappa shape index (κ2) is 10.9. The molecule has 14 heteroatoms. The van der Waals surface area contributed by atoms with E-state index >= 15 is 0 Å². The van der Waals surface area contributed by atoms with E-state index in [1.165, 1.54) is 0 Å². The summed E-state index contributed by atoms with van der Waals surface area (Å²) in [5, 5.41) is 5.09. The number of nitrogens with zero attached hydrogens (tertiary/aromatic N) is 3. The summed E-state index contributed by atoms with van der Waals surface area (Å²) in [5.74, 6) is -1.08. The molecule has 0 spiro atoms. The fourth-order valence-corrected chi connectivity index (χ4v) is 7.77. The Labute approximate surface area is 234 Å². The predicted molar refractivity (Wildman–Crippen MR) is 145 cm³/mol. The maximum absolute atomic E-state index is 14.4. The van der Waals surface area contributed by atoms with Gasteiger partial charge < -0.3 is 15.5 Å². The van der Waals surface area contributed by atoms with E-state index < -0.39 is 44.7 Å². The molecule has 0 aromatic carbocycles. The Morgan fingerprint density at radius 3 is 2.40 bits per heavy atom. The first-order valence-electron chi connectivity index (χ1n) is 13.5. The van der Waals surface area contributed by atoms with Gasteiger partial charge >= 0.3 is 6.18 Å². The minimum Gasteiger partial charge on any atom is -0.367 e. The van der Waals surface area contributed by atoms with Crippen molar-refractivity contribution in [3.63, 3.8) is 0 Å². The highest BCUT2D eigenvalue weighted by Crippen LogP contribution is 2.42. The molecule has 40 heavy (non-hydrogen) atoms. The molecule has 3 fully saturated rings. The molecule has 1 atom stereocenters. The van der Waals surface area contributed by atoms with E-state index in [-0.39, 0.29) is 51.9 Å². The summed E-state index contributed by atoms with van der Waals surface area (Å²) in [6.07, 6.45) is 3.24. The van der Waals surface area contributed by atoms with Crippen LogP contribution < -0.4 is 10.6 Å². The molecule has 2 N–H and O–H groups in total. The fourth-order valence-electron chi connectivity index (χ4n) is 5.63. The molecule has 1 aliphatic heterocycles. The topological polar surface area (TPSA) is 121 Å². The highest BCUT2D eigenvalue weighted by Gasteiger charge is 2.40. The van der Waals surface area contributed by atoms with Crippen LogP contribution in [0, 0.1) is 0 Å². The second-order valence-corrected chi connectivity index (χ2v) is 14.3. The number of carbonyl (C=O) groups is 2. The van der Waals surface area contributed by atoms with E-state index in [1.807, 2.05) is 6.92 Å². The highest BCUT2D eigenvalue weighted by atomic mass is 32.2. The lowest BCUT2D eigenvalue weighted by Crippen LogP contribution is -2.49. The van der Waals surface area contributed by atoms with Crippen molar-refractivity contribution in [1.29, 1.82) is 0 Å². The number of carbonyl (C=O) groups excluding carboxylic acids is 2. The first-order valence-corrected chi connectivity index (χ1v) is 16.2. The maximum atomic E-state index is 14.4. The number of likely N-dealkylation sites (tertiary alicyclic amines) is 1. The third-order valence-corrected chi connectivity index (χ3v) is 10.7. The van der Waals surface area contributed by atoms with Crippen molar-refractivity contribution in [2.24, 2.45) is 0 Å². The third kappa shape index (κ3) is 5.97. The minimum absolute atomic E-state index is 0.0562. The molecule has 2 aliphatic carbocycles. The number of pyridine rings is 1. The number of nitrogens with one attached hydrogen (secondary N) is 2. The number of hydrogen-bond donors (Lipinski definition) is 2. The van der Waals surface area contributed by atoms with E-state index in [9.17, 15) is 31.2 Å². The molecule has 3 heterocycles. The van der Waals surface area contributed by atoms with Gasteiger partial charge in [0.15, 0.2) is 5.01 Å². The van der Waals surface area contributed by atoms with Crippen LogP contribution in [0.4, 0.5) is 19.0 Å². The monoisotopic (exact) mass is 599 g/mol. The SMILES string of the molecule is C[C@H]1CCCN1C(=O)c1nc(C(=O)N[C@H]2C[C@H](S(C)(=O)=O)C2)sc1-c1cnc(NC2CCCC2)cc1C(F)(F)F. The van der Waals surface area contributed by atoms with Crippen molar-refractivity contribution in [3.05, 3.63) is 28.5 Å². The smallest absolute Gasteiger partial charge is 0.367 e. The van der Waals surface area contributed by atoms with Gasteiger partial charge in [-0.3, -0.25) is 9.59 Å². The highest BCUT2D eigenvalue weighted by molar-refractivity contribution is 7.91. The van der Waals surface area contributed by atoms with Gasteiger partial charge in [-0.2, -0.15) is 13.2 Å². The van der Waals surface area contributed by atoms with Gasteiger partial charge in [0.25, 0.3) is 11.8 Å². The lowest BCUT2D eigenvalue weighted by molar-refractivity contribution is -0.137. The molecule has 1 saturated heterocycles. The molecule has 5 rings (SSSR count). The minimum atomic E-state index is -4.75. The Hall–Kier alpha value is -2.74. The number of thiazole rings is 1. The third-order valence-electron chi connectivity index (χ3n) is 8.03. The van der Waals surface area contributed by atoms with Crippen molar-refractivity contribution >= 4 is 38.8 Å². The summed E-state index contributed by atoms with van der Waals surface area (Å²) in [7, 11) is -3.23. The Morgan fingerprint density at radius 1 is 1.10 bits per heavy atom. The average molecular weight is 600 g/mol. The van der Waals surface area contributed by atoms with Gasteiger partial charge in [0.05, 0.1) is 15.7 Å². The van der Waals surface area contributed by atoms with Gasteiger partial charge in [-0.1, -0.05) is 12.8 Å². The number of aromatic nitrogens is 2. The van der Waals surface area contributed by atoms with Crippen LogP contribution in [0.25, 0.3) is 10.4 Å². The zero-order chi connectivity index (χ0) is 28.8. The van der Waals surface area contributed by atoms with Gasteiger partial charge in [-0.15, -0.1) is 11.3 Å². The van der Waals surface area contributed by atoms with Crippen LogP contribution in [0.5, 0.6) is 0 Å². The van der Waals surface area contributed by atoms with Crippen LogP contribution in [0.15, 0.2) is 12.3 Å². The Kier molecular flexibility index (Phi) is 7.85. The van der Waals surface area contributed by atoms with Gasteiger partial charge in [0, 0.05) is 42.7 Å². The fraction of sp³-hybridized carbons (Fsp3) is 0.615. The molecule has 0 bridgehead atoms. The summed E-state index contributed by atoms with van der Waals surface area (Å²) in [4.78, 5) is 36.6. The first kappa shape index (κ1) is 28.8. The number of halogens is 3. The molecule has 2 aromatic heterocycles. The Bertz CT molecular complexity index is 1400. The number of alkyl halides is 3. The van der Waals surface area contributed by atoms with Crippen LogP contribution in [0.3, 0.4) is 0 Å². The number of sulfone groups is 1. The largest absolute Gasteiger partial charge is 0.417 e. The second-order valence-electron chi connectivity index (χ2n) is 11.0. The number of anilines is 1. The molecule has 9 nitrogen and oxygen atoms in total. The van der Waals surface area contributed by atoms with Crippen molar-refractivity contribution in [2.75, 3.05) is 18.1 Å². The standard InChI is InChI=1S/C26H32F3N5O4S2/c1-14-6-5-9-34(14)25(36)21-22(39-24(33-21)23(35)32-16-10-17(11-16)40(2,37)38)18-13-30-20(12-19(18)26(27,28)29)31-15-7-3-4-8-15/h12-17H,3-11H2,1-2H3,(H,30,31)(H,32,35)/t14-,16-,17-/m0/s1. The van der Waals surface area contributed by atoms with Crippen LogP contribution in [-0.2, 0) is 16.0 Å². The summed E-state index contributed by atoms with van der Waals surface area (Å²) in [5.41, 5.74) is -1.48. The number of hydrogen-bond acceptors (Lipinski definition) is 8. The van der Waals surface area contributed by atoms with E-state index in [0.717, 1.165) is 57.0 Å². The van der Waals surface area contributed by atoms with Crippen LogP contribution in [-0.4, -0.2) is 71.3 Å². The summed E-state index contributed by atoms with van der Waals surface area (Å²) in [6.45, 7) is 2.31. The predicted octanol–water partition coefficient (Wildman–Crippen LogP) is 4.51. The molecule has 2 amide bonds. The molecule has 0 radical (unpaired) electrons. The van der Waals surface area contributed by atoms with Crippen molar-refractivity contribution < 1.29 is 31.2 Å². The normalized spacial score (nSPS) is 23.7. The summed E-state index contributed by atoms with van der Waals surface area (Å²) >= 11 is 0.712. The summed E-state index contributed by atoms with van der Waals surface area (Å²) in [6, 6.07) is 0.506. The van der Waals surface area contributed by atoms with E-state index in [1.54, 1.807) is 4.90 Å². The summed E-state index contributed by atoms with van der Waals surface area (Å²) < 4.78 is 66.5. The quantitative estimate of drug-likeness (QED) is 0.481. The van der Waals surface area contributed by atoms with Gasteiger partial charge in [0.2, 0.25) is 0 Å². The average Bonchev–Trinajstić information content (AvgIpc) is 3.60. The van der Waals surface area contributed by atoms with Crippen molar-refractivity contribution in [2.45, 2.75) is 87.8 Å². The van der Waals surface area contributed by atoms with Crippen molar-refractivity contribution in [1.82, 2.24) is 20.2 Å². The zero-order valence-electron chi connectivity index (χ0n) is 22.3. The van der Waals surface area contributed by atoms with Crippen LogP contribution in [0.2, 0.25) is 0 Å². The van der Waals surface area contributed by atoms with Crippen LogP contribution in [0.1, 0.15) is 84.1 Å². The molecule has 0 unspecified atom stereocenters. The Balaban J connectivity index is 1.49. The lowest BCUT2D eigenvalue weighted by atomic mass is 9.92. The molecular weight excluding hydrogens is 567 g/mol. The number of rotatable bonds is 7.